The summed E-state index contributed by atoms with van der Waals surface area (Å²) < 4.78 is 12.2. The van der Waals surface area contributed by atoms with Crippen LogP contribution in [0.15, 0.2) is 18.2 Å². The molecule has 3 heteroatoms. The van der Waals surface area contributed by atoms with Gasteiger partial charge in [-0.1, -0.05) is 12.1 Å². The summed E-state index contributed by atoms with van der Waals surface area (Å²) in [5, 5.41) is 3.55. The molecule has 1 atom stereocenters. The zero-order chi connectivity index (χ0) is 14.9. The van der Waals surface area contributed by atoms with Gasteiger partial charge >= 0.3 is 0 Å². The summed E-state index contributed by atoms with van der Waals surface area (Å²) in [7, 11) is 0. The second kappa shape index (κ2) is 5.88. The Kier molecular flexibility index (Phi) is 4.12. The van der Waals surface area contributed by atoms with Crippen LogP contribution in [0.3, 0.4) is 0 Å². The zero-order valence-electron chi connectivity index (χ0n) is 13.4. The van der Waals surface area contributed by atoms with Crippen LogP contribution in [0.1, 0.15) is 52.0 Å². The first-order valence-corrected chi connectivity index (χ1v) is 8.24. The Balaban J connectivity index is 1.51. The molecule has 0 radical (unpaired) electrons. The van der Waals surface area contributed by atoms with E-state index in [0.29, 0.717) is 0 Å². The van der Waals surface area contributed by atoms with E-state index in [9.17, 15) is 0 Å². The molecule has 3 nitrogen and oxygen atoms in total. The average Bonchev–Trinajstić information content (AvgIpc) is 3.17. The van der Waals surface area contributed by atoms with Crippen LogP contribution in [0, 0.1) is 0 Å². The molecule has 0 aromatic heterocycles. The lowest BCUT2D eigenvalue weighted by atomic mass is 10.0. The van der Waals surface area contributed by atoms with Crippen LogP contribution in [0.4, 0.5) is 0 Å². The van der Waals surface area contributed by atoms with Crippen LogP contribution in [0.2, 0.25) is 0 Å². The molecule has 1 N–H and O–H groups in total. The fourth-order valence-corrected chi connectivity index (χ4v) is 2.94. The summed E-state index contributed by atoms with van der Waals surface area (Å²) >= 11 is 0. The third kappa shape index (κ3) is 3.91. The summed E-state index contributed by atoms with van der Waals surface area (Å²) in [5.74, 6) is 1.85. The summed E-state index contributed by atoms with van der Waals surface area (Å²) in [6, 6.07) is 7.04. The fraction of sp³-hybridized carbons (Fsp3) is 0.667. The van der Waals surface area contributed by atoms with Gasteiger partial charge in [0.2, 0.25) is 0 Å². The molecular formula is C18H27NO2. The molecule has 0 amide bonds. The Morgan fingerprint density at radius 3 is 2.95 bits per heavy atom. The van der Waals surface area contributed by atoms with E-state index in [1.54, 1.807) is 0 Å². The van der Waals surface area contributed by atoms with Crippen molar-refractivity contribution in [3.05, 3.63) is 23.8 Å². The minimum Gasteiger partial charge on any atom is -0.487 e. The lowest BCUT2D eigenvalue weighted by molar-refractivity contribution is 0.125. The number of nitrogens with one attached hydrogen (secondary N) is 1. The van der Waals surface area contributed by atoms with Crippen LogP contribution in [-0.2, 0) is 6.42 Å². The van der Waals surface area contributed by atoms with Crippen molar-refractivity contribution in [1.29, 1.82) is 0 Å². The second-order valence-electron chi connectivity index (χ2n) is 7.08. The maximum Gasteiger partial charge on any atom is 0.165 e. The summed E-state index contributed by atoms with van der Waals surface area (Å²) in [6.07, 6.45) is 6.14. The van der Waals surface area contributed by atoms with Gasteiger partial charge in [0, 0.05) is 18.0 Å². The van der Waals surface area contributed by atoms with Crippen LogP contribution < -0.4 is 14.8 Å². The smallest absolute Gasteiger partial charge is 0.165 e. The molecule has 0 spiro atoms. The van der Waals surface area contributed by atoms with Crippen LogP contribution in [-0.4, -0.2) is 24.3 Å². The second-order valence-corrected chi connectivity index (χ2v) is 7.08. The standard InChI is InChI=1S/C18H27NO2/c1-13(6-5-11-19-15-9-10-15)20-16-8-4-7-14-12-18(2,3)21-17(14)16/h4,7-8,13,15,19H,5-6,9-12H2,1-3H3. The highest BCUT2D eigenvalue weighted by Crippen LogP contribution is 2.42. The van der Waals surface area contributed by atoms with Crippen molar-refractivity contribution in [3.8, 4) is 11.5 Å². The molecule has 1 aliphatic carbocycles. The van der Waals surface area contributed by atoms with Crippen molar-refractivity contribution in [1.82, 2.24) is 5.32 Å². The molecule has 21 heavy (non-hydrogen) atoms. The molecule has 1 unspecified atom stereocenters. The van der Waals surface area contributed by atoms with Gasteiger partial charge in [-0.2, -0.15) is 0 Å². The normalized spacial score (nSPS) is 20.7. The molecule has 1 aromatic rings. The Bertz CT molecular complexity index is 494. The topological polar surface area (TPSA) is 30.5 Å². The quantitative estimate of drug-likeness (QED) is 0.776. The van der Waals surface area contributed by atoms with Gasteiger partial charge in [0.15, 0.2) is 11.5 Å². The maximum absolute atomic E-state index is 6.12. The molecule has 3 rings (SSSR count). The van der Waals surface area contributed by atoms with Crippen molar-refractivity contribution in [2.75, 3.05) is 6.54 Å². The molecule has 1 saturated carbocycles. The number of ether oxygens (including phenoxy) is 2. The first-order chi connectivity index (χ1) is 10.0. The van der Waals surface area contributed by atoms with Crippen LogP contribution in [0.5, 0.6) is 11.5 Å². The van der Waals surface area contributed by atoms with Gasteiger partial charge in [0.05, 0.1) is 6.10 Å². The molecule has 1 fully saturated rings. The molecular weight excluding hydrogens is 262 g/mol. The number of para-hydroxylation sites is 1. The first kappa shape index (κ1) is 14.7. The zero-order valence-corrected chi connectivity index (χ0v) is 13.4. The number of benzene rings is 1. The third-order valence-corrected chi connectivity index (χ3v) is 4.18. The Morgan fingerprint density at radius 2 is 2.19 bits per heavy atom. The van der Waals surface area contributed by atoms with E-state index >= 15 is 0 Å². The minimum atomic E-state index is -0.112. The van der Waals surface area contributed by atoms with Crippen molar-refractivity contribution >= 4 is 0 Å². The predicted molar refractivity (Wildman–Crippen MR) is 85.2 cm³/mol. The van der Waals surface area contributed by atoms with E-state index in [2.05, 4.69) is 38.2 Å². The van der Waals surface area contributed by atoms with Gasteiger partial charge < -0.3 is 14.8 Å². The van der Waals surface area contributed by atoms with Crippen molar-refractivity contribution in [2.45, 2.75) is 70.6 Å². The van der Waals surface area contributed by atoms with E-state index in [1.165, 1.54) is 24.8 Å². The lowest BCUT2D eigenvalue weighted by Gasteiger charge is -2.20. The van der Waals surface area contributed by atoms with E-state index in [-0.39, 0.29) is 11.7 Å². The maximum atomic E-state index is 6.12. The highest BCUT2D eigenvalue weighted by molar-refractivity contribution is 5.50. The molecule has 1 heterocycles. The van der Waals surface area contributed by atoms with E-state index < -0.39 is 0 Å². The van der Waals surface area contributed by atoms with Gasteiger partial charge in [0.25, 0.3) is 0 Å². The van der Waals surface area contributed by atoms with Gasteiger partial charge in [0.1, 0.15) is 5.60 Å². The van der Waals surface area contributed by atoms with Crippen molar-refractivity contribution in [3.63, 3.8) is 0 Å². The highest BCUT2D eigenvalue weighted by atomic mass is 16.5. The van der Waals surface area contributed by atoms with Gasteiger partial charge in [-0.3, -0.25) is 0 Å². The predicted octanol–water partition coefficient (Wildman–Crippen LogP) is 3.70. The Labute approximate surface area is 128 Å². The molecule has 1 aliphatic heterocycles. The van der Waals surface area contributed by atoms with E-state index in [1.807, 2.05) is 6.07 Å². The Morgan fingerprint density at radius 1 is 1.38 bits per heavy atom. The van der Waals surface area contributed by atoms with Crippen molar-refractivity contribution in [2.24, 2.45) is 0 Å². The summed E-state index contributed by atoms with van der Waals surface area (Å²) in [6.45, 7) is 7.51. The van der Waals surface area contributed by atoms with E-state index in [0.717, 1.165) is 36.9 Å². The number of fused-ring (bicyclic) bond motifs is 1. The monoisotopic (exact) mass is 289 g/mol. The van der Waals surface area contributed by atoms with E-state index in [4.69, 9.17) is 9.47 Å². The van der Waals surface area contributed by atoms with Gasteiger partial charge in [-0.05, 0) is 59.1 Å². The van der Waals surface area contributed by atoms with Gasteiger partial charge in [-0.25, -0.2) is 0 Å². The molecule has 2 aliphatic rings. The third-order valence-electron chi connectivity index (χ3n) is 4.18. The first-order valence-electron chi connectivity index (χ1n) is 8.24. The number of rotatable bonds is 7. The largest absolute Gasteiger partial charge is 0.487 e. The van der Waals surface area contributed by atoms with Crippen LogP contribution in [0.25, 0.3) is 0 Å². The average molecular weight is 289 g/mol. The van der Waals surface area contributed by atoms with Crippen molar-refractivity contribution < 1.29 is 9.47 Å². The number of hydrogen-bond donors (Lipinski definition) is 1. The fourth-order valence-electron chi connectivity index (χ4n) is 2.94. The number of hydrogen-bond acceptors (Lipinski definition) is 3. The minimum absolute atomic E-state index is 0.112. The SMILES string of the molecule is CC(CCCNC1CC1)Oc1cccc2c1OC(C)(C)C2. The summed E-state index contributed by atoms with van der Waals surface area (Å²) in [4.78, 5) is 0. The molecule has 1 aromatic carbocycles. The highest BCUT2D eigenvalue weighted by Gasteiger charge is 2.32. The molecule has 0 saturated heterocycles. The van der Waals surface area contributed by atoms with Crippen LogP contribution >= 0.6 is 0 Å². The molecule has 116 valence electrons. The van der Waals surface area contributed by atoms with Gasteiger partial charge in [-0.15, -0.1) is 0 Å². The lowest BCUT2D eigenvalue weighted by Crippen LogP contribution is -2.25. The molecule has 0 bridgehead atoms. The Hall–Kier alpha value is -1.22. The summed E-state index contributed by atoms with van der Waals surface area (Å²) in [5.41, 5.74) is 1.15.